The van der Waals surface area contributed by atoms with Gasteiger partial charge in [-0.05, 0) is 23.3 Å². The Balaban J connectivity index is 5.83. The Morgan fingerprint density at radius 2 is 1.29 bits per heavy atom. The predicted octanol–water partition coefficient (Wildman–Crippen LogP) is 1.99. The minimum Gasteiger partial charge on any atom is -0.282 e. The number of rotatable bonds is 5. The van der Waals surface area contributed by atoms with E-state index in [1.54, 1.807) is 0 Å². The molecule has 0 spiro atoms. The average Bonchev–Trinajstić information content (AvgIpc) is 2.09. The van der Waals surface area contributed by atoms with Gasteiger partial charge in [0, 0.05) is 10.4 Å². The third-order valence-corrected chi connectivity index (χ3v) is 5.98. The van der Waals surface area contributed by atoms with E-state index in [0.29, 0.717) is 10.2 Å². The summed E-state index contributed by atoms with van der Waals surface area (Å²) in [5.74, 6) is 1.84. The van der Waals surface area contributed by atoms with E-state index in [0.717, 1.165) is 11.5 Å². The Bertz CT molecular complexity index is 373. The lowest BCUT2D eigenvalue weighted by Crippen LogP contribution is -2.23. The molecule has 3 nitrogen and oxygen atoms in total. The summed E-state index contributed by atoms with van der Waals surface area (Å²) in [5.41, 5.74) is 0.837. The van der Waals surface area contributed by atoms with Crippen molar-refractivity contribution in [3.8, 4) is 0 Å². The van der Waals surface area contributed by atoms with Gasteiger partial charge in [-0.1, -0.05) is 41.5 Å². The monoisotopic (exact) mass is 277 g/mol. The zero-order valence-electron chi connectivity index (χ0n) is 11.9. The van der Waals surface area contributed by atoms with Crippen LogP contribution < -0.4 is 0 Å². The highest BCUT2D eigenvalue weighted by molar-refractivity contribution is 7.91. The van der Waals surface area contributed by atoms with Crippen LogP contribution in [0.5, 0.6) is 0 Å². The molecule has 0 atom stereocenters. The van der Waals surface area contributed by atoms with Crippen molar-refractivity contribution in [1.29, 1.82) is 0 Å². The molecule has 0 amide bonds. The molecule has 0 saturated heterocycles. The minimum atomic E-state index is -4.04. The van der Waals surface area contributed by atoms with Crippen LogP contribution in [0, 0.1) is 23.7 Å². The maximum absolute atomic E-state index is 11.3. The van der Waals surface area contributed by atoms with E-state index in [9.17, 15) is 13.0 Å². The fraction of sp³-hybridized carbons (Fsp3) is 0.750. The van der Waals surface area contributed by atoms with Gasteiger partial charge in [-0.15, -0.1) is 0 Å². The van der Waals surface area contributed by atoms with Crippen LogP contribution >= 0.6 is 0 Å². The summed E-state index contributed by atoms with van der Waals surface area (Å²) in [6.45, 7) is 12.2. The smallest absolute Gasteiger partial charge is 0.282 e. The Kier molecular flexibility index (Phi) is 6.11. The molecule has 0 aliphatic heterocycles. The van der Waals surface area contributed by atoms with E-state index in [-0.39, 0.29) is 22.3 Å². The van der Waals surface area contributed by atoms with Gasteiger partial charge in [0.25, 0.3) is 10.1 Å². The second-order valence-electron chi connectivity index (χ2n) is 5.36. The molecule has 0 aliphatic carbocycles. The molecule has 0 aromatic carbocycles. The Labute approximate surface area is 109 Å². The number of hydrogen-bond acceptors (Lipinski definition) is 2. The van der Waals surface area contributed by atoms with E-state index in [4.69, 9.17) is 0 Å². The highest BCUT2D eigenvalue weighted by Gasteiger charge is 2.29. The first-order valence-electron chi connectivity index (χ1n) is 6.05. The Hall–Kier alpha value is -0.133. The predicted molar refractivity (Wildman–Crippen MR) is 76.3 cm³/mol. The number of hydrogen-bond donors (Lipinski definition) is 1. The molecular weight excluding hydrogens is 252 g/mol. The first kappa shape index (κ1) is 16.9. The van der Waals surface area contributed by atoms with Crippen molar-refractivity contribution >= 4 is 20.4 Å². The normalized spacial score (nSPS) is 15.2. The van der Waals surface area contributed by atoms with Crippen LogP contribution in [0.4, 0.5) is 0 Å². The van der Waals surface area contributed by atoms with Crippen LogP contribution in [-0.4, -0.2) is 23.2 Å². The summed E-state index contributed by atoms with van der Waals surface area (Å²) in [7, 11) is -3.70. The van der Waals surface area contributed by atoms with Gasteiger partial charge >= 0.3 is 0 Å². The summed E-state index contributed by atoms with van der Waals surface area (Å²) >= 11 is 0. The minimum absolute atomic E-state index is 0.115. The van der Waals surface area contributed by atoms with Crippen molar-refractivity contribution in [2.45, 2.75) is 41.5 Å². The van der Waals surface area contributed by atoms with Crippen LogP contribution in [0.2, 0.25) is 0 Å². The first-order valence-corrected chi connectivity index (χ1v) is 8.49. The highest BCUT2D eigenvalue weighted by atomic mass is 32.2. The molecule has 0 rings (SSSR count). The zero-order valence-corrected chi connectivity index (χ0v) is 14.7. The standard InChI is InChI=1S/C12H25O3SSi/c1-7(2)10(8(3)4)11(9(5)6)12(17)16(13,14)15/h7-9H,1-6,17H3,(H,13,14,15)/b12-11+. The summed E-state index contributed by atoms with van der Waals surface area (Å²) in [6, 6.07) is 0. The summed E-state index contributed by atoms with van der Waals surface area (Å²) in [4.78, 5) is 0. The van der Waals surface area contributed by atoms with Gasteiger partial charge in [0.2, 0.25) is 0 Å². The van der Waals surface area contributed by atoms with Crippen LogP contribution in [0.15, 0.2) is 10.1 Å². The molecule has 0 heterocycles. The Morgan fingerprint density at radius 1 is 0.941 bits per heavy atom. The lowest BCUT2D eigenvalue weighted by atomic mass is 9.76. The fourth-order valence-corrected chi connectivity index (χ4v) is 3.87. The second-order valence-corrected chi connectivity index (χ2v) is 8.65. The zero-order chi connectivity index (χ0) is 14.0. The van der Waals surface area contributed by atoms with Crippen LogP contribution in [0.25, 0.3) is 0 Å². The van der Waals surface area contributed by atoms with E-state index in [1.165, 1.54) is 0 Å². The third kappa shape index (κ3) is 4.56. The lowest BCUT2D eigenvalue weighted by molar-refractivity contribution is 0.486. The van der Waals surface area contributed by atoms with Crippen molar-refractivity contribution in [1.82, 2.24) is 0 Å². The molecule has 0 aliphatic rings. The molecule has 0 saturated carbocycles. The molecule has 0 aromatic heterocycles. The van der Waals surface area contributed by atoms with Crippen LogP contribution in [0.3, 0.4) is 0 Å². The van der Waals surface area contributed by atoms with Gasteiger partial charge in [-0.3, -0.25) is 4.55 Å². The maximum atomic E-state index is 11.3. The Morgan fingerprint density at radius 3 is 1.47 bits per heavy atom. The topological polar surface area (TPSA) is 54.4 Å². The molecule has 101 valence electrons. The van der Waals surface area contributed by atoms with Crippen molar-refractivity contribution in [3.05, 3.63) is 16.0 Å². The molecule has 0 fully saturated rings. The molecule has 17 heavy (non-hydrogen) atoms. The van der Waals surface area contributed by atoms with Gasteiger partial charge < -0.3 is 0 Å². The molecular formula is C12H25O3SSi. The molecule has 0 unspecified atom stereocenters. The van der Waals surface area contributed by atoms with E-state index < -0.39 is 10.1 Å². The summed E-state index contributed by atoms with van der Waals surface area (Å²) in [6.07, 6.45) is 0. The highest BCUT2D eigenvalue weighted by Crippen LogP contribution is 2.37. The van der Waals surface area contributed by atoms with Crippen LogP contribution in [-0.2, 0) is 10.1 Å². The van der Waals surface area contributed by atoms with E-state index in [1.807, 2.05) is 13.8 Å². The fourth-order valence-electron chi connectivity index (χ4n) is 2.37. The van der Waals surface area contributed by atoms with E-state index >= 15 is 0 Å². The van der Waals surface area contributed by atoms with E-state index in [2.05, 4.69) is 27.7 Å². The maximum Gasteiger partial charge on any atom is 0.285 e. The van der Waals surface area contributed by atoms with Crippen molar-refractivity contribution in [2.24, 2.45) is 17.8 Å². The molecule has 1 N–H and O–H groups in total. The molecule has 0 aromatic rings. The van der Waals surface area contributed by atoms with Gasteiger partial charge in [0.15, 0.2) is 0 Å². The largest absolute Gasteiger partial charge is 0.285 e. The lowest BCUT2D eigenvalue weighted by Gasteiger charge is -2.31. The van der Waals surface area contributed by atoms with Crippen molar-refractivity contribution < 1.29 is 13.0 Å². The number of allylic oxidation sites excluding steroid dienone is 1. The molecule has 0 bridgehead atoms. The van der Waals surface area contributed by atoms with Gasteiger partial charge in [-0.2, -0.15) is 8.42 Å². The van der Waals surface area contributed by atoms with Gasteiger partial charge in [-0.25, -0.2) is 0 Å². The second kappa shape index (κ2) is 6.16. The summed E-state index contributed by atoms with van der Waals surface area (Å²) in [5, 5.41) is 0. The quantitative estimate of drug-likeness (QED) is 0.617. The van der Waals surface area contributed by atoms with Crippen molar-refractivity contribution in [2.75, 3.05) is 0 Å². The molecule has 5 heteroatoms. The van der Waals surface area contributed by atoms with Gasteiger partial charge in [0.1, 0.15) is 0 Å². The SMILES string of the molecule is CC(C)[C](/C(=C(/[SiH3])S(=O)(=O)O)C(C)C)C(C)C. The summed E-state index contributed by atoms with van der Waals surface area (Å²) < 4.78 is 32.2. The molecule has 1 radical (unpaired) electrons. The van der Waals surface area contributed by atoms with Crippen molar-refractivity contribution in [3.63, 3.8) is 0 Å². The van der Waals surface area contributed by atoms with Crippen LogP contribution in [0.1, 0.15) is 41.5 Å². The van der Waals surface area contributed by atoms with Gasteiger partial charge in [0.05, 0.1) is 10.2 Å². The average molecular weight is 277 g/mol. The first-order chi connectivity index (χ1) is 7.50. The third-order valence-electron chi connectivity index (χ3n) is 2.90.